The van der Waals surface area contributed by atoms with Crippen molar-refractivity contribution >= 4 is 11.7 Å². The van der Waals surface area contributed by atoms with E-state index in [4.69, 9.17) is 4.74 Å². The average Bonchev–Trinajstić information content (AvgIpc) is 2.42. The molecule has 4 nitrogen and oxygen atoms in total. The number of carbonyl (C=O) groups excluding carboxylic acids is 1. The molecule has 0 bridgehead atoms. The quantitative estimate of drug-likeness (QED) is 0.914. The van der Waals surface area contributed by atoms with E-state index in [1.807, 2.05) is 32.0 Å². The fraction of sp³-hybridized carbons (Fsp3) is 0.200. The van der Waals surface area contributed by atoms with E-state index in [9.17, 15) is 4.79 Å². The second-order valence-corrected chi connectivity index (χ2v) is 4.08. The lowest BCUT2D eigenvalue weighted by Gasteiger charge is -2.09. The highest BCUT2D eigenvalue weighted by Crippen LogP contribution is 2.19. The number of carbonyl (C=O) groups is 1. The molecule has 0 aliphatic heterocycles. The summed E-state index contributed by atoms with van der Waals surface area (Å²) in [4.78, 5) is 16.1. The zero-order chi connectivity index (χ0) is 13.7. The summed E-state index contributed by atoms with van der Waals surface area (Å²) in [7, 11) is 0. The molecular weight excluding hydrogens is 240 g/mol. The Balaban J connectivity index is 2.14. The molecule has 0 atom stereocenters. The average molecular weight is 256 g/mol. The second-order valence-electron chi connectivity index (χ2n) is 4.08. The van der Waals surface area contributed by atoms with E-state index in [1.54, 1.807) is 24.4 Å². The molecular formula is C15H16N2O2. The molecule has 0 spiro atoms. The van der Waals surface area contributed by atoms with Crippen LogP contribution in [0.1, 0.15) is 22.8 Å². The van der Waals surface area contributed by atoms with E-state index in [2.05, 4.69) is 10.3 Å². The van der Waals surface area contributed by atoms with Gasteiger partial charge in [-0.2, -0.15) is 0 Å². The van der Waals surface area contributed by atoms with Crippen LogP contribution in [0.3, 0.4) is 0 Å². The fourth-order valence-corrected chi connectivity index (χ4v) is 1.73. The summed E-state index contributed by atoms with van der Waals surface area (Å²) in [6, 6.07) is 10.7. The lowest BCUT2D eigenvalue weighted by molar-refractivity contribution is 0.102. The van der Waals surface area contributed by atoms with E-state index in [-0.39, 0.29) is 5.91 Å². The minimum atomic E-state index is -0.176. The molecule has 0 unspecified atom stereocenters. The van der Waals surface area contributed by atoms with Crippen LogP contribution in [0.5, 0.6) is 5.75 Å². The first-order chi connectivity index (χ1) is 9.20. The maximum Gasteiger partial charge on any atom is 0.256 e. The molecule has 0 radical (unpaired) electrons. The van der Waals surface area contributed by atoms with Gasteiger partial charge in [0.05, 0.1) is 6.61 Å². The monoisotopic (exact) mass is 256 g/mol. The minimum absolute atomic E-state index is 0.176. The molecule has 0 fully saturated rings. The third-order valence-electron chi connectivity index (χ3n) is 2.64. The highest BCUT2D eigenvalue weighted by Gasteiger charge is 2.08. The molecule has 2 rings (SSSR count). The largest absolute Gasteiger partial charge is 0.494 e. The summed E-state index contributed by atoms with van der Waals surface area (Å²) in [5.74, 6) is 1.17. The SMILES string of the molecule is CCOc1ccc(C(=O)Nc2ccccn2)cc1C. The van der Waals surface area contributed by atoms with Crippen molar-refractivity contribution in [2.45, 2.75) is 13.8 Å². The topological polar surface area (TPSA) is 51.2 Å². The number of hydrogen-bond donors (Lipinski definition) is 1. The Kier molecular flexibility index (Phi) is 4.13. The summed E-state index contributed by atoms with van der Waals surface area (Å²) >= 11 is 0. The standard InChI is InChI=1S/C15H16N2O2/c1-3-19-13-8-7-12(10-11(13)2)15(18)17-14-6-4-5-9-16-14/h4-10H,3H2,1-2H3,(H,16,17,18). The predicted octanol–water partition coefficient (Wildman–Crippen LogP) is 3.04. The van der Waals surface area contributed by atoms with Crippen LogP contribution in [-0.2, 0) is 0 Å². The van der Waals surface area contributed by atoms with Crippen LogP contribution in [0.4, 0.5) is 5.82 Å². The maximum absolute atomic E-state index is 12.0. The number of anilines is 1. The van der Waals surface area contributed by atoms with Crippen LogP contribution in [-0.4, -0.2) is 17.5 Å². The predicted molar refractivity (Wildman–Crippen MR) is 74.5 cm³/mol. The van der Waals surface area contributed by atoms with Crippen molar-refractivity contribution in [3.8, 4) is 5.75 Å². The van der Waals surface area contributed by atoms with E-state index in [0.29, 0.717) is 18.0 Å². The molecule has 1 N–H and O–H groups in total. The van der Waals surface area contributed by atoms with Gasteiger partial charge in [-0.25, -0.2) is 4.98 Å². The lowest BCUT2D eigenvalue weighted by atomic mass is 10.1. The first-order valence-electron chi connectivity index (χ1n) is 6.16. The third kappa shape index (κ3) is 3.31. The zero-order valence-corrected chi connectivity index (χ0v) is 11.0. The molecule has 19 heavy (non-hydrogen) atoms. The Bertz CT molecular complexity index is 568. The van der Waals surface area contributed by atoms with Gasteiger partial charge in [-0.3, -0.25) is 4.79 Å². The van der Waals surface area contributed by atoms with Crippen molar-refractivity contribution in [2.75, 3.05) is 11.9 Å². The third-order valence-corrected chi connectivity index (χ3v) is 2.64. The number of amides is 1. The molecule has 1 heterocycles. The molecule has 0 saturated carbocycles. The van der Waals surface area contributed by atoms with Crippen molar-refractivity contribution < 1.29 is 9.53 Å². The van der Waals surface area contributed by atoms with E-state index in [1.165, 1.54) is 0 Å². The van der Waals surface area contributed by atoms with Gasteiger partial charge >= 0.3 is 0 Å². The van der Waals surface area contributed by atoms with Gasteiger partial charge in [0.25, 0.3) is 5.91 Å². The highest BCUT2D eigenvalue weighted by molar-refractivity contribution is 6.03. The summed E-state index contributed by atoms with van der Waals surface area (Å²) in [6.45, 7) is 4.46. The van der Waals surface area contributed by atoms with Crippen LogP contribution in [0, 0.1) is 6.92 Å². The smallest absolute Gasteiger partial charge is 0.256 e. The number of benzene rings is 1. The number of rotatable bonds is 4. The number of pyridine rings is 1. The van der Waals surface area contributed by atoms with E-state index < -0.39 is 0 Å². The van der Waals surface area contributed by atoms with Gasteiger partial charge in [0.2, 0.25) is 0 Å². The van der Waals surface area contributed by atoms with Crippen molar-refractivity contribution in [2.24, 2.45) is 0 Å². The summed E-state index contributed by atoms with van der Waals surface area (Å²) in [5, 5.41) is 2.75. The van der Waals surface area contributed by atoms with E-state index >= 15 is 0 Å². The normalized spacial score (nSPS) is 10.0. The molecule has 0 saturated heterocycles. The Hall–Kier alpha value is -2.36. The van der Waals surface area contributed by atoms with Crippen molar-refractivity contribution in [1.29, 1.82) is 0 Å². The molecule has 4 heteroatoms. The zero-order valence-electron chi connectivity index (χ0n) is 11.0. The van der Waals surface area contributed by atoms with Crippen LogP contribution in [0.2, 0.25) is 0 Å². The van der Waals surface area contributed by atoms with Gasteiger partial charge in [-0.15, -0.1) is 0 Å². The van der Waals surface area contributed by atoms with Gasteiger partial charge in [0.15, 0.2) is 0 Å². The van der Waals surface area contributed by atoms with Crippen molar-refractivity contribution in [1.82, 2.24) is 4.98 Å². The Morgan fingerprint density at radius 2 is 2.16 bits per heavy atom. The Labute approximate surface area is 112 Å². The highest BCUT2D eigenvalue weighted by atomic mass is 16.5. The van der Waals surface area contributed by atoms with Crippen LogP contribution in [0.25, 0.3) is 0 Å². The van der Waals surface area contributed by atoms with Gasteiger partial charge < -0.3 is 10.1 Å². The maximum atomic E-state index is 12.0. The first kappa shape index (κ1) is 13.1. The minimum Gasteiger partial charge on any atom is -0.494 e. The molecule has 0 aliphatic rings. The Morgan fingerprint density at radius 3 is 2.79 bits per heavy atom. The van der Waals surface area contributed by atoms with Gasteiger partial charge in [-0.1, -0.05) is 6.07 Å². The number of nitrogens with zero attached hydrogens (tertiary/aromatic N) is 1. The number of hydrogen-bond acceptors (Lipinski definition) is 3. The molecule has 1 aromatic carbocycles. The molecule has 0 aliphatic carbocycles. The fourth-order valence-electron chi connectivity index (χ4n) is 1.73. The van der Waals surface area contributed by atoms with Gasteiger partial charge in [0.1, 0.15) is 11.6 Å². The number of ether oxygens (including phenoxy) is 1. The second kappa shape index (κ2) is 6.00. The Morgan fingerprint density at radius 1 is 1.32 bits per heavy atom. The van der Waals surface area contributed by atoms with Crippen molar-refractivity contribution in [3.05, 3.63) is 53.7 Å². The summed E-state index contributed by atoms with van der Waals surface area (Å²) in [5.41, 5.74) is 1.53. The first-order valence-corrected chi connectivity index (χ1v) is 6.16. The molecule has 1 amide bonds. The number of nitrogens with one attached hydrogen (secondary N) is 1. The summed E-state index contributed by atoms with van der Waals surface area (Å²) in [6.07, 6.45) is 1.64. The lowest BCUT2D eigenvalue weighted by Crippen LogP contribution is -2.13. The van der Waals surface area contributed by atoms with Crippen LogP contribution < -0.4 is 10.1 Å². The molecule has 1 aromatic heterocycles. The summed E-state index contributed by atoms with van der Waals surface area (Å²) < 4.78 is 5.45. The van der Waals surface area contributed by atoms with Crippen molar-refractivity contribution in [3.63, 3.8) is 0 Å². The van der Waals surface area contributed by atoms with E-state index in [0.717, 1.165) is 11.3 Å². The van der Waals surface area contributed by atoms with Gasteiger partial charge in [-0.05, 0) is 49.7 Å². The molecule has 98 valence electrons. The molecule has 2 aromatic rings. The van der Waals surface area contributed by atoms with Crippen LogP contribution >= 0.6 is 0 Å². The van der Waals surface area contributed by atoms with Gasteiger partial charge in [0, 0.05) is 11.8 Å². The number of aryl methyl sites for hydroxylation is 1. The number of aromatic nitrogens is 1. The van der Waals surface area contributed by atoms with Crippen LogP contribution in [0.15, 0.2) is 42.6 Å².